The van der Waals surface area contributed by atoms with Crippen LogP contribution in [0.1, 0.15) is 11.1 Å². The molecule has 0 saturated heterocycles. The molecule has 0 heterocycles. The number of benzene rings is 2. The Hall–Kier alpha value is -2.38. The van der Waals surface area contributed by atoms with Gasteiger partial charge in [-0.3, -0.25) is 0 Å². The molecule has 2 N–H and O–H groups in total. The van der Waals surface area contributed by atoms with Gasteiger partial charge in [0.1, 0.15) is 23.7 Å². The first-order valence-electron chi connectivity index (χ1n) is 9.60. The fraction of sp³-hybridized carbons (Fsp3) is 0.391. The van der Waals surface area contributed by atoms with Crippen molar-refractivity contribution >= 4 is 0 Å². The molecule has 29 heavy (non-hydrogen) atoms. The quantitative estimate of drug-likeness (QED) is 0.631. The molecule has 0 aromatic heterocycles. The van der Waals surface area contributed by atoms with Gasteiger partial charge in [0.05, 0.1) is 40.1 Å². The average Bonchev–Trinajstić information content (AvgIpc) is 2.76. The molecule has 2 aromatic rings. The summed E-state index contributed by atoms with van der Waals surface area (Å²) >= 11 is 0. The van der Waals surface area contributed by atoms with Gasteiger partial charge >= 0.3 is 0 Å². The zero-order chi connectivity index (χ0) is 20.6. The molecule has 0 unspecified atom stereocenters. The van der Waals surface area contributed by atoms with Gasteiger partial charge in [-0.25, -0.2) is 0 Å². The van der Waals surface area contributed by atoms with Crippen LogP contribution in [0, 0.1) is 5.92 Å². The number of methoxy groups -OCH3 is 2. The fourth-order valence-corrected chi connectivity index (χ4v) is 3.23. The fourth-order valence-electron chi connectivity index (χ4n) is 3.23. The molecule has 0 saturated carbocycles. The van der Waals surface area contributed by atoms with Gasteiger partial charge in [-0.1, -0.05) is 36.4 Å². The van der Waals surface area contributed by atoms with Crippen molar-refractivity contribution in [1.29, 1.82) is 0 Å². The lowest BCUT2D eigenvalue weighted by Crippen LogP contribution is -2.46. The topological polar surface area (TPSA) is 77.4 Å². The van der Waals surface area contributed by atoms with Crippen molar-refractivity contribution in [2.45, 2.75) is 31.5 Å². The van der Waals surface area contributed by atoms with Crippen molar-refractivity contribution in [3.8, 4) is 11.5 Å². The van der Waals surface area contributed by atoms with Crippen LogP contribution in [0.3, 0.4) is 0 Å². The summed E-state index contributed by atoms with van der Waals surface area (Å²) in [4.78, 5) is 0. The highest BCUT2D eigenvalue weighted by molar-refractivity contribution is 5.27. The minimum Gasteiger partial charge on any atom is -0.497 e. The van der Waals surface area contributed by atoms with Gasteiger partial charge in [-0.05, 0) is 35.4 Å². The van der Waals surface area contributed by atoms with Crippen molar-refractivity contribution in [2.24, 2.45) is 5.92 Å². The molecule has 0 aliphatic heterocycles. The Morgan fingerprint density at radius 1 is 0.759 bits per heavy atom. The molecule has 0 radical (unpaired) electrons. The van der Waals surface area contributed by atoms with Crippen LogP contribution >= 0.6 is 0 Å². The molecule has 6 heteroatoms. The Morgan fingerprint density at radius 3 is 1.86 bits per heavy atom. The Balaban J connectivity index is 1.50. The highest BCUT2D eigenvalue weighted by Gasteiger charge is 2.35. The summed E-state index contributed by atoms with van der Waals surface area (Å²) in [5.74, 6) is 1.31. The second-order valence-corrected chi connectivity index (χ2v) is 7.02. The third-order valence-corrected chi connectivity index (χ3v) is 5.01. The van der Waals surface area contributed by atoms with E-state index in [1.54, 1.807) is 26.4 Å². The molecule has 3 rings (SSSR count). The second-order valence-electron chi connectivity index (χ2n) is 7.02. The summed E-state index contributed by atoms with van der Waals surface area (Å²) in [5.41, 5.74) is 1.96. The van der Waals surface area contributed by atoms with Crippen molar-refractivity contribution < 1.29 is 29.2 Å². The maximum absolute atomic E-state index is 10.7. The zero-order valence-corrected chi connectivity index (χ0v) is 16.7. The lowest BCUT2D eigenvalue weighted by molar-refractivity contribution is -0.119. The summed E-state index contributed by atoms with van der Waals surface area (Å²) < 4.78 is 21.9. The van der Waals surface area contributed by atoms with Gasteiger partial charge in [0, 0.05) is 5.92 Å². The van der Waals surface area contributed by atoms with E-state index < -0.39 is 18.3 Å². The molecule has 4 atom stereocenters. The van der Waals surface area contributed by atoms with Gasteiger partial charge in [-0.15, -0.1) is 0 Å². The lowest BCUT2D eigenvalue weighted by atomic mass is 9.89. The predicted molar refractivity (Wildman–Crippen MR) is 109 cm³/mol. The van der Waals surface area contributed by atoms with Crippen LogP contribution in [0.25, 0.3) is 0 Å². The van der Waals surface area contributed by atoms with E-state index in [-0.39, 0.29) is 12.5 Å². The Morgan fingerprint density at radius 2 is 1.31 bits per heavy atom. The van der Waals surface area contributed by atoms with E-state index in [1.165, 1.54) is 0 Å². The molecule has 0 fully saturated rings. The van der Waals surface area contributed by atoms with E-state index in [4.69, 9.17) is 18.9 Å². The Labute approximate surface area is 171 Å². The van der Waals surface area contributed by atoms with Gasteiger partial charge in [0.15, 0.2) is 0 Å². The molecule has 1 aliphatic rings. The van der Waals surface area contributed by atoms with Crippen molar-refractivity contribution in [1.82, 2.24) is 0 Å². The highest BCUT2D eigenvalue weighted by Crippen LogP contribution is 2.24. The largest absolute Gasteiger partial charge is 0.497 e. The number of ether oxygens (including phenoxy) is 4. The molecule has 0 amide bonds. The minimum absolute atomic E-state index is 0.252. The number of aliphatic hydroxyl groups excluding tert-OH is 2. The summed E-state index contributed by atoms with van der Waals surface area (Å²) in [5, 5.41) is 20.9. The van der Waals surface area contributed by atoms with Crippen LogP contribution in [0.5, 0.6) is 11.5 Å². The first-order valence-corrected chi connectivity index (χ1v) is 9.60. The molecule has 156 valence electrons. The highest BCUT2D eigenvalue weighted by atomic mass is 16.5. The van der Waals surface area contributed by atoms with E-state index >= 15 is 0 Å². The average molecular weight is 400 g/mol. The molecule has 0 spiro atoms. The van der Waals surface area contributed by atoms with E-state index in [0.29, 0.717) is 13.2 Å². The van der Waals surface area contributed by atoms with Crippen molar-refractivity contribution in [3.05, 3.63) is 71.8 Å². The van der Waals surface area contributed by atoms with E-state index in [1.807, 2.05) is 48.5 Å². The summed E-state index contributed by atoms with van der Waals surface area (Å²) in [6.45, 7) is 1.05. The van der Waals surface area contributed by atoms with Gasteiger partial charge in [-0.2, -0.15) is 0 Å². The summed E-state index contributed by atoms with van der Waals surface area (Å²) in [7, 11) is 3.24. The van der Waals surface area contributed by atoms with Crippen molar-refractivity contribution in [2.75, 3.05) is 20.8 Å². The first-order chi connectivity index (χ1) is 14.1. The smallest absolute Gasteiger partial charge is 0.118 e. The number of hydrogen-bond acceptors (Lipinski definition) is 6. The van der Waals surface area contributed by atoms with Crippen LogP contribution in [0.2, 0.25) is 0 Å². The van der Waals surface area contributed by atoms with Crippen LogP contribution in [0.4, 0.5) is 0 Å². The van der Waals surface area contributed by atoms with Crippen LogP contribution in [-0.2, 0) is 22.7 Å². The van der Waals surface area contributed by atoms with Crippen LogP contribution < -0.4 is 9.47 Å². The maximum atomic E-state index is 10.7. The van der Waals surface area contributed by atoms with E-state index in [0.717, 1.165) is 22.6 Å². The summed E-state index contributed by atoms with van der Waals surface area (Å²) in [6.07, 6.45) is 1.02. The molecular weight excluding hydrogens is 372 g/mol. The molecule has 0 bridgehead atoms. The van der Waals surface area contributed by atoms with Crippen LogP contribution in [-0.4, -0.2) is 49.4 Å². The summed E-state index contributed by atoms with van der Waals surface area (Å²) in [6, 6.07) is 15.1. The number of aliphatic hydroxyl groups is 2. The Kier molecular flexibility index (Phi) is 7.66. The second kappa shape index (κ2) is 10.4. The third kappa shape index (κ3) is 5.81. The molecule has 2 aromatic carbocycles. The normalized spacial score (nSPS) is 23.7. The number of hydrogen-bond donors (Lipinski definition) is 2. The van der Waals surface area contributed by atoms with E-state index in [9.17, 15) is 10.2 Å². The van der Waals surface area contributed by atoms with Gasteiger partial charge < -0.3 is 29.2 Å². The first kappa shape index (κ1) is 21.3. The third-order valence-electron chi connectivity index (χ3n) is 5.01. The zero-order valence-electron chi connectivity index (χ0n) is 16.7. The Bertz CT molecular complexity index is 771. The molecule has 1 aliphatic carbocycles. The maximum Gasteiger partial charge on any atom is 0.118 e. The van der Waals surface area contributed by atoms with Gasteiger partial charge in [0.2, 0.25) is 0 Å². The van der Waals surface area contributed by atoms with Gasteiger partial charge in [0.25, 0.3) is 0 Å². The monoisotopic (exact) mass is 400 g/mol. The lowest BCUT2D eigenvalue weighted by Gasteiger charge is -2.34. The molecule has 6 nitrogen and oxygen atoms in total. The predicted octanol–water partition coefficient (Wildman–Crippen LogP) is 2.71. The SMILES string of the molecule is COc1ccc(COC[C@@H]2C=C[C@@H](O)[C@H](OCc3ccc(OC)cc3)[C@H]2O)cc1. The standard InChI is InChI=1S/C23H28O6/c1-26-19-8-3-16(4-9-19)13-28-15-18-7-12-21(24)23(22(18)25)29-14-17-5-10-20(27-2)11-6-17/h3-12,18,21-25H,13-15H2,1-2H3/t18-,21+,22-,23-/m0/s1. The molecular formula is C23H28O6. The van der Waals surface area contributed by atoms with Crippen LogP contribution in [0.15, 0.2) is 60.7 Å². The number of rotatable bonds is 9. The van der Waals surface area contributed by atoms with E-state index in [2.05, 4.69) is 0 Å². The van der Waals surface area contributed by atoms with Crippen molar-refractivity contribution in [3.63, 3.8) is 0 Å². The minimum atomic E-state index is -0.860.